The van der Waals surface area contributed by atoms with Crippen molar-refractivity contribution in [1.82, 2.24) is 0 Å². The van der Waals surface area contributed by atoms with Crippen molar-refractivity contribution < 1.29 is 0 Å². The van der Waals surface area contributed by atoms with Gasteiger partial charge in [0, 0.05) is 5.25 Å². The number of allylic oxidation sites excluding steroid dienone is 2. The number of halogens is 5. The van der Waals surface area contributed by atoms with E-state index in [1.807, 2.05) is 0 Å². The molecule has 0 aliphatic heterocycles. The van der Waals surface area contributed by atoms with Crippen LogP contribution in [0, 0.1) is 0 Å². The Morgan fingerprint density at radius 2 is 1.40 bits per heavy atom. The summed E-state index contributed by atoms with van der Waals surface area (Å²) in [4.78, 5) is 0. The van der Waals surface area contributed by atoms with Gasteiger partial charge >= 0.3 is 0 Å². The van der Waals surface area contributed by atoms with Gasteiger partial charge < -0.3 is 0 Å². The van der Waals surface area contributed by atoms with Crippen LogP contribution in [-0.4, -0.2) is 5.25 Å². The van der Waals surface area contributed by atoms with Gasteiger partial charge in [0.2, 0.25) is 0 Å². The molecular weight excluding hydrogens is 317 g/mol. The van der Waals surface area contributed by atoms with Crippen molar-refractivity contribution in [3.63, 3.8) is 0 Å². The molecule has 0 unspecified atom stereocenters. The lowest BCUT2D eigenvalue weighted by Crippen LogP contribution is -1.93. The summed E-state index contributed by atoms with van der Waals surface area (Å²) < 4.78 is 0.402. The van der Waals surface area contributed by atoms with Crippen molar-refractivity contribution in [3.8, 4) is 0 Å². The minimum absolute atomic E-state index is 0.0631. The van der Waals surface area contributed by atoms with Crippen LogP contribution in [0.25, 0.3) is 0 Å². The predicted octanol–water partition coefficient (Wildman–Crippen LogP) is 6.19. The summed E-state index contributed by atoms with van der Waals surface area (Å²) in [6.07, 6.45) is 4.83. The molecule has 0 amide bonds. The molecule has 0 nitrogen and oxygen atoms in total. The minimum atomic E-state index is -0.0631. The summed E-state index contributed by atoms with van der Waals surface area (Å²) in [6.45, 7) is 0. The standard InChI is InChI=1S/C9H9Cl5S/c10-6(8(12)13)7(11)9(14)15-5-3-1-2-4-5/h5H,1-4H2/b9-7+. The van der Waals surface area contributed by atoms with Crippen LogP contribution in [0.5, 0.6) is 0 Å². The molecule has 1 aliphatic carbocycles. The van der Waals surface area contributed by atoms with E-state index >= 15 is 0 Å². The molecule has 15 heavy (non-hydrogen) atoms. The Kier molecular flexibility index (Phi) is 6.58. The summed E-state index contributed by atoms with van der Waals surface area (Å²) in [6, 6.07) is 0. The van der Waals surface area contributed by atoms with Gasteiger partial charge in [0.15, 0.2) is 0 Å². The molecule has 0 aromatic rings. The number of thioether (sulfide) groups is 1. The van der Waals surface area contributed by atoms with E-state index in [-0.39, 0.29) is 14.6 Å². The molecule has 0 radical (unpaired) electrons. The van der Waals surface area contributed by atoms with Crippen LogP contribution >= 0.6 is 69.8 Å². The first-order valence-corrected chi connectivity index (χ1v) is 7.22. The monoisotopic (exact) mass is 324 g/mol. The van der Waals surface area contributed by atoms with Crippen molar-refractivity contribution in [2.24, 2.45) is 0 Å². The highest BCUT2D eigenvalue weighted by atomic mass is 35.5. The minimum Gasteiger partial charge on any atom is -0.109 e. The zero-order valence-corrected chi connectivity index (χ0v) is 12.3. The number of hydrogen-bond acceptors (Lipinski definition) is 1. The fourth-order valence-electron chi connectivity index (χ4n) is 1.37. The third-order valence-corrected chi connectivity index (χ3v) is 5.41. The van der Waals surface area contributed by atoms with Crippen LogP contribution in [0.3, 0.4) is 0 Å². The van der Waals surface area contributed by atoms with Gasteiger partial charge in [-0.25, -0.2) is 0 Å². The molecule has 1 fully saturated rings. The van der Waals surface area contributed by atoms with Gasteiger partial charge in [0.1, 0.15) is 4.49 Å². The maximum absolute atomic E-state index is 6.03. The van der Waals surface area contributed by atoms with Gasteiger partial charge in [-0.2, -0.15) is 0 Å². The van der Waals surface area contributed by atoms with Crippen molar-refractivity contribution in [1.29, 1.82) is 0 Å². The zero-order chi connectivity index (χ0) is 11.4. The van der Waals surface area contributed by atoms with Crippen molar-refractivity contribution in [3.05, 3.63) is 18.9 Å². The highest BCUT2D eigenvalue weighted by Crippen LogP contribution is 2.41. The molecule has 0 atom stereocenters. The second kappa shape index (κ2) is 6.88. The van der Waals surface area contributed by atoms with E-state index in [1.54, 1.807) is 0 Å². The summed E-state index contributed by atoms with van der Waals surface area (Å²) in [7, 11) is 0. The largest absolute Gasteiger partial charge is 0.127 e. The van der Waals surface area contributed by atoms with E-state index in [0.29, 0.717) is 9.61 Å². The molecule has 1 rings (SSSR count). The second-order valence-corrected chi connectivity index (χ2v) is 6.80. The lowest BCUT2D eigenvalue weighted by molar-refractivity contribution is 0.886. The summed E-state index contributed by atoms with van der Waals surface area (Å²) in [5.41, 5.74) is 0. The molecule has 86 valence electrons. The zero-order valence-electron chi connectivity index (χ0n) is 7.70. The predicted molar refractivity (Wildman–Crippen MR) is 73.2 cm³/mol. The molecule has 0 aromatic carbocycles. The molecule has 1 saturated carbocycles. The van der Waals surface area contributed by atoms with Gasteiger partial charge in [-0.05, 0) is 12.8 Å². The number of rotatable bonds is 3. The third kappa shape index (κ3) is 4.57. The first kappa shape index (κ1) is 14.3. The van der Waals surface area contributed by atoms with E-state index < -0.39 is 0 Å². The van der Waals surface area contributed by atoms with Gasteiger partial charge in [-0.3, -0.25) is 0 Å². The molecule has 0 heterocycles. The van der Waals surface area contributed by atoms with Crippen LogP contribution in [0.2, 0.25) is 0 Å². The summed E-state index contributed by atoms with van der Waals surface area (Å²) in [5.74, 6) is 0. The molecule has 0 bridgehead atoms. The third-order valence-electron chi connectivity index (χ3n) is 2.10. The first-order valence-electron chi connectivity index (χ1n) is 4.45. The maximum Gasteiger partial charge on any atom is 0.127 e. The van der Waals surface area contributed by atoms with E-state index in [9.17, 15) is 0 Å². The van der Waals surface area contributed by atoms with Gasteiger partial charge in [0.25, 0.3) is 0 Å². The van der Waals surface area contributed by atoms with E-state index in [2.05, 4.69) is 0 Å². The van der Waals surface area contributed by atoms with Crippen LogP contribution < -0.4 is 0 Å². The van der Waals surface area contributed by atoms with E-state index in [0.717, 1.165) is 0 Å². The van der Waals surface area contributed by atoms with Gasteiger partial charge in [-0.1, -0.05) is 70.8 Å². The number of hydrogen-bond donors (Lipinski definition) is 0. The first-order chi connectivity index (χ1) is 7.02. The van der Waals surface area contributed by atoms with E-state index in [4.69, 9.17) is 58.0 Å². The topological polar surface area (TPSA) is 0 Å². The van der Waals surface area contributed by atoms with Crippen LogP contribution in [0.4, 0.5) is 0 Å². The molecule has 0 spiro atoms. The molecule has 1 aliphatic rings. The Morgan fingerprint density at radius 3 is 1.87 bits per heavy atom. The smallest absolute Gasteiger partial charge is 0.109 e. The fraction of sp³-hybridized carbons (Fsp3) is 0.556. The quantitative estimate of drug-likeness (QED) is 0.557. The average Bonchev–Trinajstić information content (AvgIpc) is 2.67. The maximum atomic E-state index is 6.03. The Bertz CT molecular complexity index is 287. The van der Waals surface area contributed by atoms with Gasteiger partial charge in [-0.15, -0.1) is 11.8 Å². The SMILES string of the molecule is ClC(Cl)=C(Cl)/C(Cl)=C(/Cl)SC1CCCC1. The Labute approximate surface area is 119 Å². The fourth-order valence-corrected chi connectivity index (χ4v) is 3.63. The van der Waals surface area contributed by atoms with Crippen molar-refractivity contribution >= 4 is 69.8 Å². The molecule has 6 heteroatoms. The Balaban J connectivity index is 2.67. The molecule has 0 aromatic heterocycles. The lowest BCUT2D eigenvalue weighted by Gasteiger charge is -2.08. The van der Waals surface area contributed by atoms with Crippen LogP contribution in [0.15, 0.2) is 18.9 Å². The van der Waals surface area contributed by atoms with Crippen LogP contribution in [-0.2, 0) is 0 Å². The highest BCUT2D eigenvalue weighted by molar-refractivity contribution is 8.05. The second-order valence-electron chi connectivity index (χ2n) is 3.19. The van der Waals surface area contributed by atoms with Crippen LogP contribution in [0.1, 0.15) is 25.7 Å². The normalized spacial score (nSPS) is 19.0. The molecule has 0 N–H and O–H groups in total. The van der Waals surface area contributed by atoms with Crippen molar-refractivity contribution in [2.45, 2.75) is 30.9 Å². The lowest BCUT2D eigenvalue weighted by atomic mass is 10.4. The van der Waals surface area contributed by atoms with E-state index in [1.165, 1.54) is 37.4 Å². The summed E-state index contributed by atoms with van der Waals surface area (Å²) >= 11 is 30.3. The van der Waals surface area contributed by atoms with Gasteiger partial charge in [0.05, 0.1) is 14.4 Å². The average molecular weight is 327 g/mol. The Morgan fingerprint density at radius 1 is 0.867 bits per heavy atom. The molecule has 0 saturated heterocycles. The summed E-state index contributed by atoms with van der Waals surface area (Å²) in [5, 5.41) is 0.871. The molecular formula is C9H9Cl5S. The highest BCUT2D eigenvalue weighted by Gasteiger charge is 2.19. The Hall–Kier alpha value is 1.28. The van der Waals surface area contributed by atoms with Crippen molar-refractivity contribution in [2.75, 3.05) is 0 Å².